The topological polar surface area (TPSA) is 128 Å². The lowest BCUT2D eigenvalue weighted by Crippen LogP contribution is -2.35. The molecular weight excluding hydrogens is 604 g/mol. The Morgan fingerprint density at radius 3 is 2.50 bits per heavy atom. The molecule has 3 rings (SSSR count). The number of carbonyl (C=O) groups is 1. The number of ether oxygens (including phenoxy) is 5. The first kappa shape index (κ1) is 36.9. The first-order chi connectivity index (χ1) is 21.4. The van der Waals surface area contributed by atoms with E-state index < -0.39 is 12.5 Å². The number of unbranched alkanes of at least 4 members (excludes halogenated alkanes) is 1. The molecule has 4 unspecified atom stereocenters. The van der Waals surface area contributed by atoms with Gasteiger partial charge in [-0.1, -0.05) is 70.2 Å². The Morgan fingerprint density at radius 2 is 1.70 bits per heavy atom. The van der Waals surface area contributed by atoms with E-state index in [4.69, 9.17) is 28.8 Å². The Bertz CT molecular complexity index is 1010. The maximum Gasteiger partial charge on any atom is 0.407 e. The number of hydrogen-bond acceptors (Lipinski definition) is 11. The zero-order valence-corrected chi connectivity index (χ0v) is 27.6. The van der Waals surface area contributed by atoms with Gasteiger partial charge in [0.25, 0.3) is 0 Å². The summed E-state index contributed by atoms with van der Waals surface area (Å²) in [5, 5.41) is 24.6. The number of nitrogens with one attached hydrogen (secondary N) is 2. The summed E-state index contributed by atoms with van der Waals surface area (Å²) in [6, 6.07) is 8.48. The van der Waals surface area contributed by atoms with E-state index in [1.807, 2.05) is 0 Å². The molecule has 0 saturated carbocycles. The highest BCUT2D eigenvalue weighted by Crippen LogP contribution is 2.49. The molecule has 1 aromatic carbocycles. The molecule has 0 heterocycles. The van der Waals surface area contributed by atoms with Gasteiger partial charge < -0.3 is 39.2 Å². The van der Waals surface area contributed by atoms with Crippen LogP contribution in [-0.4, -0.2) is 99.4 Å². The van der Waals surface area contributed by atoms with Gasteiger partial charge in [-0.3, -0.25) is 5.32 Å². The number of amides is 1. The number of alkyl carbamates (subject to hydrolysis) is 1. The Kier molecular flexibility index (Phi) is 17.8. The van der Waals surface area contributed by atoms with Gasteiger partial charge in [0.2, 0.25) is 6.41 Å². The minimum atomic E-state index is -1.06. The summed E-state index contributed by atoms with van der Waals surface area (Å²) >= 11 is 0. The monoisotopic (exact) mass is 654 g/mol. The van der Waals surface area contributed by atoms with Crippen molar-refractivity contribution < 1.29 is 38.7 Å². The molecule has 4 atom stereocenters. The quantitative estimate of drug-likeness (QED) is 0.0713. The molecule has 4 N–H and O–H groups in total. The lowest BCUT2D eigenvalue weighted by molar-refractivity contribution is -0.127. The molecule has 0 fully saturated rings. The molecule has 1 aromatic rings. The molecule has 2 aliphatic carbocycles. The van der Waals surface area contributed by atoms with Crippen molar-refractivity contribution in [1.29, 1.82) is 0 Å². The molecule has 0 aliphatic heterocycles. The van der Waals surface area contributed by atoms with Crippen LogP contribution in [0.2, 0.25) is 0 Å². The van der Waals surface area contributed by atoms with Crippen LogP contribution in [0.4, 0.5) is 4.79 Å². The fourth-order valence-corrected chi connectivity index (χ4v) is 7.29. The average Bonchev–Trinajstić information content (AvgIpc) is 3.34. The third kappa shape index (κ3) is 13.8. The highest BCUT2D eigenvalue weighted by molar-refractivity contribution is 8.77. The number of hydrogen-bond donors (Lipinski definition) is 4. The van der Waals surface area contributed by atoms with Crippen LogP contribution in [0, 0.1) is 5.92 Å². The van der Waals surface area contributed by atoms with Crippen molar-refractivity contribution in [3.8, 4) is 0 Å². The third-order valence-electron chi connectivity index (χ3n) is 7.33. The molecule has 0 bridgehead atoms. The molecule has 248 valence electrons. The zero-order valence-electron chi connectivity index (χ0n) is 26.0. The SMILES string of the molecule is CC(C)(CCOC(=O)NCCOCCOCCNC(O)OCC1c2ccccc2C2C=CC=CC21)SSCOCCCCO. The van der Waals surface area contributed by atoms with E-state index in [2.05, 4.69) is 73.1 Å². The van der Waals surface area contributed by atoms with Gasteiger partial charge in [-0.05, 0) is 50.2 Å². The minimum absolute atomic E-state index is 0.0555. The van der Waals surface area contributed by atoms with Gasteiger partial charge in [-0.2, -0.15) is 0 Å². The Morgan fingerprint density at radius 1 is 0.955 bits per heavy atom. The molecule has 0 radical (unpaired) electrons. The minimum Gasteiger partial charge on any atom is -0.450 e. The number of allylic oxidation sites excluding steroid dienone is 4. The Labute approximate surface area is 270 Å². The molecule has 0 saturated heterocycles. The molecule has 10 nitrogen and oxygen atoms in total. The summed E-state index contributed by atoms with van der Waals surface area (Å²) in [7, 11) is 3.35. The van der Waals surface area contributed by atoms with Crippen molar-refractivity contribution in [2.24, 2.45) is 5.92 Å². The van der Waals surface area contributed by atoms with Gasteiger partial charge >= 0.3 is 6.09 Å². The van der Waals surface area contributed by atoms with Crippen LogP contribution in [0.5, 0.6) is 0 Å². The van der Waals surface area contributed by atoms with Gasteiger partial charge in [0.05, 0.1) is 39.6 Å². The van der Waals surface area contributed by atoms with Crippen LogP contribution < -0.4 is 10.6 Å². The molecule has 2 aliphatic rings. The summed E-state index contributed by atoms with van der Waals surface area (Å²) in [5.74, 6) is 1.51. The summed E-state index contributed by atoms with van der Waals surface area (Å²) in [4.78, 5) is 11.9. The van der Waals surface area contributed by atoms with E-state index in [1.165, 1.54) is 11.1 Å². The van der Waals surface area contributed by atoms with Crippen molar-refractivity contribution in [3.05, 3.63) is 59.7 Å². The molecule has 44 heavy (non-hydrogen) atoms. The highest BCUT2D eigenvalue weighted by atomic mass is 33.1. The predicted octanol–water partition coefficient (Wildman–Crippen LogP) is 4.55. The number of benzene rings is 1. The molecule has 0 aromatic heterocycles. The van der Waals surface area contributed by atoms with Crippen LogP contribution >= 0.6 is 21.6 Å². The van der Waals surface area contributed by atoms with Crippen LogP contribution in [-0.2, 0) is 23.7 Å². The van der Waals surface area contributed by atoms with Gasteiger partial charge in [-0.25, -0.2) is 4.79 Å². The van der Waals surface area contributed by atoms with Gasteiger partial charge in [-0.15, -0.1) is 0 Å². The van der Waals surface area contributed by atoms with Crippen molar-refractivity contribution in [2.45, 2.75) is 56.1 Å². The number of aliphatic hydroxyl groups is 2. The maximum absolute atomic E-state index is 11.9. The van der Waals surface area contributed by atoms with Gasteiger partial charge in [0.15, 0.2) is 0 Å². The van der Waals surface area contributed by atoms with Crippen molar-refractivity contribution in [1.82, 2.24) is 10.6 Å². The third-order valence-corrected chi connectivity index (χ3v) is 10.4. The van der Waals surface area contributed by atoms with E-state index in [-0.39, 0.29) is 17.3 Å². The number of fused-ring (bicyclic) bond motifs is 3. The standard InChI is InChI=1S/C32H50N2O8S2/c1-32(2,44-43-24-40-17-8-7-16-35)13-18-41-30(36)33-14-19-38-21-22-39-20-15-34-31(37)42-23-29-27-11-5-3-9-25(27)26-10-4-6-12-28(26)29/h3-6,9-12,25,27,29,31,34-35,37H,7-8,13-24H2,1-2H3,(H,33,36). The molecular formula is C32H50N2O8S2. The Hall–Kier alpha value is -1.61. The van der Waals surface area contributed by atoms with Crippen molar-refractivity contribution in [2.75, 3.05) is 71.9 Å². The van der Waals surface area contributed by atoms with E-state index in [0.717, 1.165) is 19.3 Å². The Balaban J connectivity index is 1.11. The van der Waals surface area contributed by atoms with E-state index in [9.17, 15) is 9.90 Å². The van der Waals surface area contributed by atoms with E-state index >= 15 is 0 Å². The average molecular weight is 655 g/mol. The summed E-state index contributed by atoms with van der Waals surface area (Å²) in [5.41, 5.74) is 2.63. The van der Waals surface area contributed by atoms with Crippen molar-refractivity contribution >= 4 is 27.7 Å². The number of rotatable bonds is 24. The van der Waals surface area contributed by atoms with Crippen LogP contribution in [0.3, 0.4) is 0 Å². The maximum atomic E-state index is 11.9. The van der Waals surface area contributed by atoms with Crippen LogP contribution in [0.1, 0.15) is 56.1 Å². The summed E-state index contributed by atoms with van der Waals surface area (Å²) in [6.45, 7) is 8.19. The highest BCUT2D eigenvalue weighted by Gasteiger charge is 2.38. The first-order valence-electron chi connectivity index (χ1n) is 15.4. The second-order valence-electron chi connectivity index (χ2n) is 11.2. The van der Waals surface area contributed by atoms with Gasteiger partial charge in [0.1, 0.15) is 5.94 Å². The predicted molar refractivity (Wildman–Crippen MR) is 176 cm³/mol. The smallest absolute Gasteiger partial charge is 0.407 e. The fraction of sp³-hybridized carbons (Fsp3) is 0.656. The van der Waals surface area contributed by atoms with Crippen LogP contribution in [0.15, 0.2) is 48.6 Å². The number of carbonyl (C=O) groups excluding carboxylic acids is 1. The number of aliphatic hydroxyl groups excluding tert-OH is 2. The van der Waals surface area contributed by atoms with Crippen molar-refractivity contribution in [3.63, 3.8) is 0 Å². The lowest BCUT2D eigenvalue weighted by atomic mass is 9.84. The second-order valence-corrected chi connectivity index (χ2v) is 14.2. The first-order valence-corrected chi connectivity index (χ1v) is 17.8. The summed E-state index contributed by atoms with van der Waals surface area (Å²) < 4.78 is 27.5. The zero-order chi connectivity index (χ0) is 31.5. The largest absolute Gasteiger partial charge is 0.450 e. The summed E-state index contributed by atoms with van der Waals surface area (Å²) in [6.07, 6.45) is 9.50. The normalized spacial score (nSPS) is 19.5. The van der Waals surface area contributed by atoms with E-state index in [1.54, 1.807) is 21.6 Å². The fourth-order valence-electron chi connectivity index (χ4n) is 5.01. The molecule has 12 heteroatoms. The van der Waals surface area contributed by atoms with Gasteiger partial charge in [0, 0.05) is 42.9 Å². The van der Waals surface area contributed by atoms with E-state index in [0.29, 0.717) is 77.1 Å². The van der Waals surface area contributed by atoms with Crippen LogP contribution in [0.25, 0.3) is 0 Å². The lowest BCUT2D eigenvalue weighted by Gasteiger charge is -2.24. The molecule has 1 amide bonds. The molecule has 0 spiro atoms. The second kappa shape index (κ2) is 21.2.